The molecule has 0 aliphatic heterocycles. The molecule has 0 aliphatic rings. The molecule has 3 aromatic rings. The van der Waals surface area contributed by atoms with Crippen LogP contribution in [0.1, 0.15) is 5.56 Å². The smallest absolute Gasteiger partial charge is 0.222 e. The van der Waals surface area contributed by atoms with Gasteiger partial charge in [0, 0.05) is 18.0 Å². The predicted octanol–water partition coefficient (Wildman–Crippen LogP) is 2.02. The van der Waals surface area contributed by atoms with Gasteiger partial charge >= 0.3 is 0 Å². The molecular formula is C14H10ClN7. The number of rotatable bonds is 2. The van der Waals surface area contributed by atoms with Crippen LogP contribution in [0.4, 0.5) is 11.8 Å². The van der Waals surface area contributed by atoms with E-state index in [0.29, 0.717) is 16.3 Å². The monoisotopic (exact) mass is 311 g/mol. The third-order valence-corrected chi connectivity index (χ3v) is 3.37. The number of nitriles is 1. The number of aromatic nitrogens is 4. The highest BCUT2D eigenvalue weighted by molar-refractivity contribution is 6.32. The molecule has 4 N–H and O–H groups in total. The summed E-state index contributed by atoms with van der Waals surface area (Å²) in [6.45, 7) is 0. The average Bonchev–Trinajstić information content (AvgIpc) is 3.00. The van der Waals surface area contributed by atoms with Crippen LogP contribution in [0.3, 0.4) is 0 Å². The van der Waals surface area contributed by atoms with Gasteiger partial charge in [0.25, 0.3) is 0 Å². The van der Waals surface area contributed by atoms with Crippen molar-refractivity contribution in [3.8, 4) is 23.0 Å². The van der Waals surface area contributed by atoms with Crippen molar-refractivity contribution >= 4 is 23.4 Å². The van der Waals surface area contributed by atoms with Crippen molar-refractivity contribution < 1.29 is 0 Å². The molecule has 0 amide bonds. The highest BCUT2D eigenvalue weighted by Gasteiger charge is 2.14. The molecule has 2 aromatic heterocycles. The Labute approximate surface area is 130 Å². The summed E-state index contributed by atoms with van der Waals surface area (Å²) in [5.41, 5.74) is 13.2. The van der Waals surface area contributed by atoms with Crippen molar-refractivity contribution in [2.75, 3.05) is 11.5 Å². The largest absolute Gasteiger partial charge is 0.382 e. The number of nitrogens with zero attached hydrogens (tertiary/aromatic N) is 5. The van der Waals surface area contributed by atoms with Crippen LogP contribution in [0.5, 0.6) is 0 Å². The molecule has 108 valence electrons. The predicted molar refractivity (Wildman–Crippen MR) is 83.1 cm³/mol. The Hall–Kier alpha value is -3.11. The molecule has 0 unspecified atom stereocenters. The summed E-state index contributed by atoms with van der Waals surface area (Å²) < 4.78 is 1.78. The fourth-order valence-electron chi connectivity index (χ4n) is 2.08. The number of imidazole rings is 1. The second-order valence-corrected chi connectivity index (χ2v) is 4.85. The van der Waals surface area contributed by atoms with Crippen LogP contribution in [-0.2, 0) is 0 Å². The minimum absolute atomic E-state index is 0.00121. The number of anilines is 2. The highest BCUT2D eigenvalue weighted by atomic mass is 35.5. The molecule has 0 saturated carbocycles. The van der Waals surface area contributed by atoms with Crippen molar-refractivity contribution in [1.82, 2.24) is 19.5 Å². The van der Waals surface area contributed by atoms with Crippen molar-refractivity contribution in [2.24, 2.45) is 0 Å². The van der Waals surface area contributed by atoms with Gasteiger partial charge in [-0.25, -0.2) is 9.97 Å². The molecule has 7 nitrogen and oxygen atoms in total. The van der Waals surface area contributed by atoms with E-state index in [1.54, 1.807) is 41.5 Å². The van der Waals surface area contributed by atoms with Crippen molar-refractivity contribution in [3.05, 3.63) is 47.5 Å². The minimum atomic E-state index is 0.00121. The second-order valence-electron chi connectivity index (χ2n) is 4.44. The zero-order valence-corrected chi connectivity index (χ0v) is 12.0. The van der Waals surface area contributed by atoms with Crippen LogP contribution in [-0.4, -0.2) is 19.5 Å². The molecule has 0 spiro atoms. The van der Waals surface area contributed by atoms with E-state index in [-0.39, 0.29) is 17.3 Å². The van der Waals surface area contributed by atoms with Gasteiger partial charge in [0.15, 0.2) is 0 Å². The van der Waals surface area contributed by atoms with Gasteiger partial charge in [-0.05, 0) is 12.1 Å². The van der Waals surface area contributed by atoms with Gasteiger partial charge in [-0.15, -0.1) is 0 Å². The van der Waals surface area contributed by atoms with Crippen molar-refractivity contribution in [3.63, 3.8) is 0 Å². The molecule has 0 fully saturated rings. The number of halogens is 1. The number of nitrogens with two attached hydrogens (primary N) is 2. The highest BCUT2D eigenvalue weighted by Crippen LogP contribution is 2.30. The second kappa shape index (κ2) is 5.35. The van der Waals surface area contributed by atoms with Gasteiger partial charge < -0.3 is 16.0 Å². The molecule has 2 heterocycles. The fraction of sp³-hybridized carbons (Fsp3) is 0. The number of hydrogen-bond donors (Lipinski definition) is 2. The van der Waals surface area contributed by atoms with Crippen LogP contribution in [0.15, 0.2) is 36.9 Å². The Kier molecular flexibility index (Phi) is 3.37. The summed E-state index contributed by atoms with van der Waals surface area (Å²) in [5, 5.41) is 9.71. The van der Waals surface area contributed by atoms with E-state index >= 15 is 0 Å². The lowest BCUT2D eigenvalue weighted by atomic mass is 10.1. The maximum Gasteiger partial charge on any atom is 0.222 e. The first-order valence-corrected chi connectivity index (χ1v) is 6.59. The van der Waals surface area contributed by atoms with Gasteiger partial charge in [-0.3, -0.25) is 0 Å². The molecule has 0 saturated heterocycles. The van der Waals surface area contributed by atoms with Gasteiger partial charge in [-0.1, -0.05) is 17.7 Å². The Balaban J connectivity index is 2.15. The molecule has 3 rings (SSSR count). The van der Waals surface area contributed by atoms with E-state index in [9.17, 15) is 5.26 Å². The van der Waals surface area contributed by atoms with Gasteiger partial charge in [0.2, 0.25) is 5.95 Å². The molecule has 22 heavy (non-hydrogen) atoms. The normalized spacial score (nSPS) is 10.4. The quantitative estimate of drug-likeness (QED) is 0.747. The van der Waals surface area contributed by atoms with E-state index in [1.165, 1.54) is 0 Å². The van der Waals surface area contributed by atoms with Crippen LogP contribution in [0.2, 0.25) is 5.02 Å². The van der Waals surface area contributed by atoms with Crippen LogP contribution < -0.4 is 11.5 Å². The Morgan fingerprint density at radius 1 is 1.23 bits per heavy atom. The molecule has 0 radical (unpaired) electrons. The Morgan fingerprint density at radius 2 is 2.05 bits per heavy atom. The zero-order chi connectivity index (χ0) is 15.7. The molecular weight excluding hydrogens is 302 g/mol. The van der Waals surface area contributed by atoms with E-state index < -0.39 is 0 Å². The maximum atomic E-state index is 9.23. The van der Waals surface area contributed by atoms with Gasteiger partial charge in [0.05, 0.1) is 22.7 Å². The molecule has 0 bridgehead atoms. The van der Waals surface area contributed by atoms with E-state index in [4.69, 9.17) is 23.1 Å². The van der Waals surface area contributed by atoms with Gasteiger partial charge in [-0.2, -0.15) is 10.2 Å². The van der Waals surface area contributed by atoms with Crippen LogP contribution >= 0.6 is 11.6 Å². The third kappa shape index (κ3) is 2.32. The maximum absolute atomic E-state index is 9.23. The third-order valence-electron chi connectivity index (χ3n) is 3.07. The summed E-state index contributed by atoms with van der Waals surface area (Å²) >= 11 is 6.31. The summed E-state index contributed by atoms with van der Waals surface area (Å²) in [6, 6.07) is 7.26. The van der Waals surface area contributed by atoms with Gasteiger partial charge in [0.1, 0.15) is 17.5 Å². The lowest BCUT2D eigenvalue weighted by molar-refractivity contribution is 1.06. The van der Waals surface area contributed by atoms with Crippen molar-refractivity contribution in [1.29, 1.82) is 5.26 Å². The summed E-state index contributed by atoms with van der Waals surface area (Å²) in [5.74, 6) is 0.0427. The van der Waals surface area contributed by atoms with Crippen LogP contribution in [0.25, 0.3) is 16.9 Å². The zero-order valence-electron chi connectivity index (χ0n) is 11.2. The lowest BCUT2D eigenvalue weighted by Gasteiger charge is -2.10. The number of benzene rings is 1. The number of nitrogen functional groups attached to an aromatic ring is 2. The molecule has 0 aliphatic carbocycles. The molecule has 8 heteroatoms. The summed E-state index contributed by atoms with van der Waals surface area (Å²) in [6.07, 6.45) is 5.08. The fourth-order valence-corrected chi connectivity index (χ4v) is 2.36. The van der Waals surface area contributed by atoms with E-state index in [2.05, 4.69) is 15.0 Å². The first-order valence-electron chi connectivity index (χ1n) is 6.21. The first-order chi connectivity index (χ1) is 10.6. The molecule has 1 aromatic carbocycles. The molecule has 0 atom stereocenters. The summed E-state index contributed by atoms with van der Waals surface area (Å²) in [4.78, 5) is 11.9. The van der Waals surface area contributed by atoms with Crippen LogP contribution in [0, 0.1) is 11.3 Å². The van der Waals surface area contributed by atoms with Crippen molar-refractivity contribution in [2.45, 2.75) is 0 Å². The standard InChI is InChI=1S/C14H10ClN7/c15-10-5-8(1-2-11(10)22-4-3-19-7-22)12-9(6-16)13(17)21-14(18)20-12/h1-5,7H,(H4,17,18,20,21). The van der Waals surface area contributed by atoms with E-state index in [0.717, 1.165) is 5.69 Å². The Bertz CT molecular complexity index is 881. The SMILES string of the molecule is N#Cc1c(N)nc(N)nc1-c1ccc(-n2ccnc2)c(Cl)c1. The first kappa shape index (κ1) is 13.9. The topological polar surface area (TPSA) is 119 Å². The average molecular weight is 312 g/mol. The lowest BCUT2D eigenvalue weighted by Crippen LogP contribution is -2.05. The summed E-state index contributed by atoms with van der Waals surface area (Å²) in [7, 11) is 0. The number of hydrogen-bond acceptors (Lipinski definition) is 6. The van der Waals surface area contributed by atoms with E-state index in [1.807, 2.05) is 6.07 Å². The Morgan fingerprint density at radius 3 is 2.68 bits per heavy atom. The minimum Gasteiger partial charge on any atom is -0.382 e.